The minimum atomic E-state index is -0.694. The lowest BCUT2D eigenvalue weighted by Crippen LogP contribution is -2.35. The molecule has 4 rings (SSSR count). The first-order valence-corrected chi connectivity index (χ1v) is 9.07. The van der Waals surface area contributed by atoms with Crippen LogP contribution in [0.3, 0.4) is 0 Å². The van der Waals surface area contributed by atoms with Crippen LogP contribution in [0.1, 0.15) is 22.4 Å². The maximum Gasteiger partial charge on any atom is 0.313 e. The fraction of sp³-hybridized carbons (Fsp3) is 0.278. The smallest absolute Gasteiger partial charge is 0.313 e. The molecule has 25 heavy (non-hydrogen) atoms. The number of aryl methyl sites for hydroxylation is 1. The molecule has 7 heteroatoms. The predicted octanol–water partition coefficient (Wildman–Crippen LogP) is 1.84. The number of hydrogen-bond donors (Lipinski definition) is 2. The lowest BCUT2D eigenvalue weighted by molar-refractivity contribution is -0.136. The Morgan fingerprint density at radius 2 is 2.04 bits per heavy atom. The van der Waals surface area contributed by atoms with Gasteiger partial charge in [0.1, 0.15) is 0 Å². The number of nitrogens with one attached hydrogen (secondary N) is 2. The van der Waals surface area contributed by atoms with Gasteiger partial charge in [0, 0.05) is 17.1 Å². The maximum absolute atomic E-state index is 12.1. The van der Waals surface area contributed by atoms with Gasteiger partial charge in [-0.2, -0.15) is 0 Å². The minimum Gasteiger partial charge on any atom is -0.343 e. The molecule has 3 heterocycles. The van der Waals surface area contributed by atoms with Gasteiger partial charge < -0.3 is 15.5 Å². The van der Waals surface area contributed by atoms with Crippen molar-refractivity contribution >= 4 is 40.4 Å². The topological polar surface area (TPSA) is 78.5 Å². The van der Waals surface area contributed by atoms with Gasteiger partial charge in [0.25, 0.3) is 0 Å². The zero-order valence-corrected chi connectivity index (χ0v) is 14.3. The van der Waals surface area contributed by atoms with Crippen LogP contribution in [0.25, 0.3) is 0 Å². The number of nitrogens with zero attached hydrogens (tertiary/aromatic N) is 1. The van der Waals surface area contributed by atoms with E-state index in [2.05, 4.69) is 10.6 Å². The van der Waals surface area contributed by atoms with Crippen LogP contribution in [-0.2, 0) is 33.8 Å². The number of carbonyl (C=O) groups is 3. The molecule has 0 saturated heterocycles. The molecule has 0 aliphatic carbocycles. The van der Waals surface area contributed by atoms with Crippen molar-refractivity contribution < 1.29 is 14.4 Å². The van der Waals surface area contributed by atoms with Crippen LogP contribution < -0.4 is 15.5 Å². The lowest BCUT2D eigenvalue weighted by atomic mass is 9.99. The molecule has 0 saturated carbocycles. The molecule has 2 aliphatic heterocycles. The minimum absolute atomic E-state index is 0.105. The predicted molar refractivity (Wildman–Crippen MR) is 95.6 cm³/mol. The summed E-state index contributed by atoms with van der Waals surface area (Å²) in [5.74, 6) is -1.26. The van der Waals surface area contributed by atoms with E-state index < -0.39 is 11.8 Å². The molecule has 0 bridgehead atoms. The van der Waals surface area contributed by atoms with Gasteiger partial charge >= 0.3 is 11.8 Å². The fourth-order valence-corrected chi connectivity index (χ4v) is 4.04. The molecule has 0 radical (unpaired) electrons. The monoisotopic (exact) mass is 355 g/mol. The second-order valence-corrected chi connectivity index (χ2v) is 7.22. The van der Waals surface area contributed by atoms with Gasteiger partial charge in [-0.3, -0.25) is 14.4 Å². The van der Waals surface area contributed by atoms with Crippen molar-refractivity contribution in [2.45, 2.75) is 25.8 Å². The summed E-state index contributed by atoms with van der Waals surface area (Å²) >= 11 is 1.52. The summed E-state index contributed by atoms with van der Waals surface area (Å²) in [6, 6.07) is 7.46. The number of rotatable bonds is 3. The van der Waals surface area contributed by atoms with Gasteiger partial charge in [-0.05, 0) is 47.5 Å². The summed E-state index contributed by atoms with van der Waals surface area (Å²) in [6.45, 7) is 1.10. The quantitative estimate of drug-likeness (QED) is 0.825. The molecule has 6 nitrogen and oxygen atoms in total. The van der Waals surface area contributed by atoms with Gasteiger partial charge in [0.15, 0.2) is 0 Å². The molecule has 1 aromatic carbocycles. The van der Waals surface area contributed by atoms with Crippen LogP contribution in [-0.4, -0.2) is 24.3 Å². The van der Waals surface area contributed by atoms with E-state index in [9.17, 15) is 14.4 Å². The SMILES string of the molecule is O=C(NCc1cccs1)C(=O)Nc1cc2c3c(c1)CC(=O)N3CCC2. The van der Waals surface area contributed by atoms with Crippen molar-refractivity contribution in [2.75, 3.05) is 16.8 Å². The van der Waals surface area contributed by atoms with Crippen LogP contribution in [0.5, 0.6) is 0 Å². The Labute approximate surface area is 148 Å². The largest absolute Gasteiger partial charge is 0.343 e. The van der Waals surface area contributed by atoms with E-state index in [0.29, 0.717) is 18.7 Å². The average molecular weight is 355 g/mol. The Bertz CT molecular complexity index is 861. The van der Waals surface area contributed by atoms with Crippen LogP contribution >= 0.6 is 11.3 Å². The van der Waals surface area contributed by atoms with Crippen molar-refractivity contribution in [3.63, 3.8) is 0 Å². The molecular formula is C18H17N3O3S. The highest BCUT2D eigenvalue weighted by Gasteiger charge is 2.32. The molecule has 2 aromatic rings. The maximum atomic E-state index is 12.1. The van der Waals surface area contributed by atoms with Crippen molar-refractivity contribution in [1.82, 2.24) is 5.32 Å². The third-order valence-corrected chi connectivity index (χ3v) is 5.35. The Morgan fingerprint density at radius 3 is 2.84 bits per heavy atom. The summed E-state index contributed by atoms with van der Waals surface area (Å²) in [7, 11) is 0. The van der Waals surface area contributed by atoms with Gasteiger partial charge in [0.2, 0.25) is 5.91 Å². The molecule has 2 N–H and O–H groups in total. The number of thiophene rings is 1. The van der Waals surface area contributed by atoms with Gasteiger partial charge in [-0.1, -0.05) is 6.07 Å². The zero-order chi connectivity index (χ0) is 17.4. The Balaban J connectivity index is 1.46. The van der Waals surface area contributed by atoms with Crippen LogP contribution in [0.4, 0.5) is 11.4 Å². The van der Waals surface area contributed by atoms with E-state index in [-0.39, 0.29) is 5.91 Å². The van der Waals surface area contributed by atoms with Crippen molar-refractivity contribution in [3.8, 4) is 0 Å². The molecule has 0 spiro atoms. The van der Waals surface area contributed by atoms with Gasteiger partial charge in [-0.25, -0.2) is 0 Å². The second-order valence-electron chi connectivity index (χ2n) is 6.18. The Kier molecular flexibility index (Phi) is 4.01. The lowest BCUT2D eigenvalue weighted by Gasteiger charge is -2.26. The molecule has 1 aromatic heterocycles. The standard InChI is InChI=1S/C18H17N3O3S/c22-15-9-12-8-13(7-11-3-1-5-21(15)16(11)12)20-18(24)17(23)19-10-14-4-2-6-25-14/h2,4,6-8H,1,3,5,9-10H2,(H,19,23)(H,20,24). The van der Waals surface area contributed by atoms with Crippen molar-refractivity contribution in [3.05, 3.63) is 45.6 Å². The third-order valence-electron chi connectivity index (χ3n) is 4.48. The van der Waals surface area contributed by atoms with E-state index in [1.165, 1.54) is 11.3 Å². The van der Waals surface area contributed by atoms with E-state index in [0.717, 1.165) is 41.1 Å². The number of benzene rings is 1. The first-order chi connectivity index (χ1) is 12.1. The first kappa shape index (κ1) is 15.8. The summed E-state index contributed by atoms with van der Waals surface area (Å²) in [5.41, 5.74) is 3.55. The van der Waals surface area contributed by atoms with E-state index in [1.807, 2.05) is 28.5 Å². The number of anilines is 2. The van der Waals surface area contributed by atoms with Crippen LogP contribution in [0, 0.1) is 0 Å². The highest BCUT2D eigenvalue weighted by molar-refractivity contribution is 7.09. The Morgan fingerprint density at radius 1 is 1.20 bits per heavy atom. The molecule has 0 unspecified atom stereocenters. The average Bonchev–Trinajstić information content (AvgIpc) is 3.22. The highest BCUT2D eigenvalue weighted by Crippen LogP contribution is 2.38. The summed E-state index contributed by atoms with van der Waals surface area (Å²) in [4.78, 5) is 39.0. The Hall–Kier alpha value is -2.67. The fourth-order valence-electron chi connectivity index (χ4n) is 3.40. The van der Waals surface area contributed by atoms with Crippen molar-refractivity contribution in [2.24, 2.45) is 0 Å². The molecule has 128 valence electrons. The van der Waals surface area contributed by atoms with E-state index in [1.54, 1.807) is 6.07 Å². The number of amides is 3. The van der Waals surface area contributed by atoms with Crippen LogP contribution in [0.15, 0.2) is 29.6 Å². The summed E-state index contributed by atoms with van der Waals surface area (Å²) in [5, 5.41) is 7.18. The first-order valence-electron chi connectivity index (χ1n) is 8.19. The zero-order valence-electron chi connectivity index (χ0n) is 13.5. The summed E-state index contributed by atoms with van der Waals surface area (Å²) in [6.07, 6.45) is 2.15. The molecular weight excluding hydrogens is 338 g/mol. The van der Waals surface area contributed by atoms with Gasteiger partial charge in [0.05, 0.1) is 18.7 Å². The van der Waals surface area contributed by atoms with Crippen LogP contribution in [0.2, 0.25) is 0 Å². The number of hydrogen-bond acceptors (Lipinski definition) is 4. The molecule has 0 atom stereocenters. The summed E-state index contributed by atoms with van der Waals surface area (Å²) < 4.78 is 0. The normalized spacial score (nSPS) is 15.0. The van der Waals surface area contributed by atoms with E-state index in [4.69, 9.17) is 0 Å². The third kappa shape index (κ3) is 3.02. The van der Waals surface area contributed by atoms with Crippen molar-refractivity contribution in [1.29, 1.82) is 0 Å². The number of carbonyl (C=O) groups excluding carboxylic acids is 3. The second kappa shape index (κ2) is 6.33. The molecule has 2 aliphatic rings. The van der Waals surface area contributed by atoms with E-state index >= 15 is 0 Å². The molecule has 3 amide bonds. The highest BCUT2D eigenvalue weighted by atomic mass is 32.1. The van der Waals surface area contributed by atoms with Gasteiger partial charge in [-0.15, -0.1) is 11.3 Å². The molecule has 0 fully saturated rings.